The van der Waals surface area contributed by atoms with Crippen LogP contribution in [0.2, 0.25) is 0 Å². The Morgan fingerprint density at radius 1 is 1.00 bits per heavy atom. The summed E-state index contributed by atoms with van der Waals surface area (Å²) in [4.78, 5) is 40.1. The number of hydrogen-bond donors (Lipinski definition) is 3. The molecule has 0 aromatic heterocycles. The highest BCUT2D eigenvalue weighted by Gasteiger charge is 2.41. The Kier molecular flexibility index (Phi) is 7.05. The van der Waals surface area contributed by atoms with Crippen LogP contribution >= 0.6 is 12.2 Å². The average Bonchev–Trinajstić information content (AvgIpc) is 2.88. The van der Waals surface area contributed by atoms with Crippen LogP contribution in [0.3, 0.4) is 0 Å². The van der Waals surface area contributed by atoms with Gasteiger partial charge in [-0.15, -0.1) is 0 Å². The number of carbonyl (C=O) groups is 3. The molecule has 0 aliphatic carbocycles. The SMILES string of the molecule is Cc1ccc(N2C(=O)[C@@H](/C=N\NC(=O)C(O)(c3ccccc3)c3ccccc3)C(=O)NC2=S)cc1C. The number of hydrogen-bond acceptors (Lipinski definition) is 6. The smallest absolute Gasteiger partial charge is 0.281 e. The second kappa shape index (κ2) is 10.2. The van der Waals surface area contributed by atoms with E-state index >= 15 is 0 Å². The van der Waals surface area contributed by atoms with Gasteiger partial charge in [0.1, 0.15) is 0 Å². The summed E-state index contributed by atoms with van der Waals surface area (Å²) in [5.41, 5.74) is 3.42. The third kappa shape index (κ3) is 4.66. The topological polar surface area (TPSA) is 111 Å². The molecule has 9 heteroatoms. The Morgan fingerprint density at radius 2 is 1.58 bits per heavy atom. The number of hydrazone groups is 1. The number of nitrogens with zero attached hydrogens (tertiary/aromatic N) is 2. The van der Waals surface area contributed by atoms with Crippen LogP contribution in [0.4, 0.5) is 5.69 Å². The van der Waals surface area contributed by atoms with Crippen molar-refractivity contribution in [3.05, 3.63) is 101 Å². The van der Waals surface area contributed by atoms with E-state index in [9.17, 15) is 19.5 Å². The van der Waals surface area contributed by atoms with E-state index in [-0.39, 0.29) is 5.11 Å². The zero-order valence-corrected chi connectivity index (χ0v) is 20.5. The number of amides is 3. The van der Waals surface area contributed by atoms with Gasteiger partial charge in [0.2, 0.25) is 5.91 Å². The van der Waals surface area contributed by atoms with E-state index in [1.54, 1.807) is 72.8 Å². The van der Waals surface area contributed by atoms with Crippen LogP contribution in [0.25, 0.3) is 0 Å². The molecule has 1 aliphatic rings. The predicted octanol–water partition coefficient (Wildman–Crippen LogP) is 2.71. The molecule has 3 aromatic carbocycles. The van der Waals surface area contributed by atoms with Gasteiger partial charge < -0.3 is 10.4 Å². The Labute approximate surface area is 213 Å². The van der Waals surface area contributed by atoms with Gasteiger partial charge >= 0.3 is 0 Å². The molecular weight excluding hydrogens is 476 g/mol. The maximum Gasteiger partial charge on any atom is 0.281 e. The van der Waals surface area contributed by atoms with Crippen molar-refractivity contribution in [2.75, 3.05) is 4.90 Å². The lowest BCUT2D eigenvalue weighted by Gasteiger charge is -2.31. The molecule has 1 heterocycles. The third-order valence-corrected chi connectivity index (χ3v) is 6.34. The summed E-state index contributed by atoms with van der Waals surface area (Å²) in [5.74, 6) is -3.45. The van der Waals surface area contributed by atoms with Gasteiger partial charge in [0.05, 0.1) is 5.69 Å². The first kappa shape index (κ1) is 24.9. The lowest BCUT2D eigenvalue weighted by atomic mass is 9.85. The summed E-state index contributed by atoms with van der Waals surface area (Å²) >= 11 is 5.23. The molecule has 182 valence electrons. The standard InChI is InChI=1S/C27H24N4O4S/c1-17-13-14-21(15-18(17)2)31-24(33)22(23(32)29-26(31)36)16-28-30-25(34)27(35,19-9-5-3-6-10-19)20-11-7-4-8-12-20/h3-16,22,35H,1-2H3,(H,30,34)(H,29,32,36)/b28-16-/t22-/m0/s1. The number of nitrogens with one attached hydrogen (secondary N) is 2. The zero-order chi connectivity index (χ0) is 25.9. The first-order chi connectivity index (χ1) is 17.2. The summed E-state index contributed by atoms with van der Waals surface area (Å²) < 4.78 is 0. The van der Waals surface area contributed by atoms with E-state index in [1.165, 1.54) is 4.90 Å². The molecule has 0 radical (unpaired) electrons. The van der Waals surface area contributed by atoms with E-state index < -0.39 is 29.2 Å². The molecule has 1 fully saturated rings. The van der Waals surface area contributed by atoms with Crippen molar-refractivity contribution >= 4 is 47.0 Å². The maximum absolute atomic E-state index is 13.2. The molecule has 4 rings (SSSR count). The van der Waals surface area contributed by atoms with E-state index in [0.29, 0.717) is 16.8 Å². The molecule has 3 aromatic rings. The molecule has 36 heavy (non-hydrogen) atoms. The zero-order valence-electron chi connectivity index (χ0n) is 19.6. The van der Waals surface area contributed by atoms with Crippen LogP contribution < -0.4 is 15.6 Å². The number of thiocarbonyl (C=S) groups is 1. The fourth-order valence-corrected chi connectivity index (χ4v) is 4.17. The summed E-state index contributed by atoms with van der Waals surface area (Å²) in [6, 6.07) is 22.2. The summed E-state index contributed by atoms with van der Waals surface area (Å²) in [6.45, 7) is 3.85. The van der Waals surface area contributed by atoms with Crippen LogP contribution in [0.15, 0.2) is 84.0 Å². The van der Waals surface area contributed by atoms with Crippen molar-refractivity contribution in [2.24, 2.45) is 11.0 Å². The van der Waals surface area contributed by atoms with E-state index in [2.05, 4.69) is 15.8 Å². The summed E-state index contributed by atoms with van der Waals surface area (Å²) in [6.07, 6.45) is 1.03. The molecule has 8 nitrogen and oxygen atoms in total. The van der Waals surface area contributed by atoms with Gasteiger partial charge in [-0.25, -0.2) is 5.43 Å². The van der Waals surface area contributed by atoms with Crippen LogP contribution in [-0.4, -0.2) is 34.2 Å². The van der Waals surface area contributed by atoms with Crippen LogP contribution in [0.1, 0.15) is 22.3 Å². The number of aliphatic hydroxyl groups is 1. The van der Waals surface area contributed by atoms with Gasteiger partial charge in [0.25, 0.3) is 11.8 Å². The van der Waals surface area contributed by atoms with E-state index in [4.69, 9.17) is 12.2 Å². The van der Waals surface area contributed by atoms with Crippen molar-refractivity contribution in [2.45, 2.75) is 19.4 Å². The molecule has 0 spiro atoms. The molecule has 0 bridgehead atoms. The Hall–Kier alpha value is -4.21. The maximum atomic E-state index is 13.2. The lowest BCUT2D eigenvalue weighted by Crippen LogP contribution is -2.58. The molecule has 3 amide bonds. The Balaban J connectivity index is 1.58. The predicted molar refractivity (Wildman–Crippen MR) is 140 cm³/mol. The van der Waals surface area contributed by atoms with Crippen molar-refractivity contribution in [3.63, 3.8) is 0 Å². The second-order valence-corrected chi connectivity index (χ2v) is 8.76. The molecule has 0 saturated carbocycles. The van der Waals surface area contributed by atoms with Gasteiger partial charge in [-0.1, -0.05) is 66.7 Å². The highest BCUT2D eigenvalue weighted by Crippen LogP contribution is 2.30. The molecule has 1 saturated heterocycles. The van der Waals surface area contributed by atoms with Gasteiger partial charge in [0, 0.05) is 6.21 Å². The summed E-state index contributed by atoms with van der Waals surface area (Å²) in [7, 11) is 0. The van der Waals surface area contributed by atoms with Crippen molar-refractivity contribution < 1.29 is 19.5 Å². The summed E-state index contributed by atoms with van der Waals surface area (Å²) in [5, 5.41) is 17.8. The molecule has 1 aliphatic heterocycles. The molecular formula is C27H24N4O4S. The minimum Gasteiger partial charge on any atom is -0.372 e. The van der Waals surface area contributed by atoms with Gasteiger partial charge in [-0.3, -0.25) is 19.3 Å². The third-order valence-electron chi connectivity index (χ3n) is 6.05. The highest BCUT2D eigenvalue weighted by atomic mass is 32.1. The first-order valence-corrected chi connectivity index (χ1v) is 11.6. The fraction of sp³-hybridized carbons (Fsp3) is 0.148. The van der Waals surface area contributed by atoms with Crippen LogP contribution in [0.5, 0.6) is 0 Å². The molecule has 1 atom stereocenters. The van der Waals surface area contributed by atoms with Gasteiger partial charge in [-0.05, 0) is 60.5 Å². The second-order valence-electron chi connectivity index (χ2n) is 8.38. The molecule has 0 unspecified atom stereocenters. The number of benzene rings is 3. The van der Waals surface area contributed by atoms with Gasteiger partial charge in [-0.2, -0.15) is 5.10 Å². The van der Waals surface area contributed by atoms with Gasteiger partial charge in [0.15, 0.2) is 16.6 Å². The minimum atomic E-state index is -2.05. The fourth-order valence-electron chi connectivity index (χ4n) is 3.87. The lowest BCUT2D eigenvalue weighted by molar-refractivity contribution is -0.137. The Morgan fingerprint density at radius 3 is 2.14 bits per heavy atom. The minimum absolute atomic E-state index is 0.0375. The van der Waals surface area contributed by atoms with E-state index in [1.807, 2.05) is 19.9 Å². The number of carbonyl (C=O) groups excluding carboxylic acids is 3. The average molecular weight is 501 g/mol. The van der Waals surface area contributed by atoms with Crippen LogP contribution in [-0.2, 0) is 20.0 Å². The van der Waals surface area contributed by atoms with Crippen molar-refractivity contribution in [3.8, 4) is 0 Å². The number of rotatable bonds is 6. The normalized spacial score (nSPS) is 16.2. The number of anilines is 1. The number of aryl methyl sites for hydroxylation is 2. The van der Waals surface area contributed by atoms with E-state index in [0.717, 1.165) is 17.3 Å². The largest absolute Gasteiger partial charge is 0.372 e. The Bertz CT molecular complexity index is 1320. The van der Waals surface area contributed by atoms with Crippen molar-refractivity contribution in [1.82, 2.24) is 10.7 Å². The van der Waals surface area contributed by atoms with Crippen LogP contribution in [0, 0.1) is 19.8 Å². The first-order valence-electron chi connectivity index (χ1n) is 11.2. The highest BCUT2D eigenvalue weighted by molar-refractivity contribution is 7.80. The van der Waals surface area contributed by atoms with Crippen molar-refractivity contribution in [1.29, 1.82) is 0 Å². The quantitative estimate of drug-likeness (QED) is 0.209. The monoisotopic (exact) mass is 500 g/mol. The molecule has 3 N–H and O–H groups in total.